The minimum atomic E-state index is -0.211. The average Bonchev–Trinajstić information content (AvgIpc) is 3.02. The van der Waals surface area contributed by atoms with Gasteiger partial charge in [0.25, 0.3) is 0 Å². The molecule has 0 saturated carbocycles. The standard InChI is InChI=1S/C20H24N4O2/c1-13(2)24-19(23-17-6-5-11-21-20(17)24)14(3)22-18(25)12-15-7-9-16(26-4)10-8-15/h5-11,13-14H,12H2,1-4H3,(H,22,25). The highest BCUT2D eigenvalue weighted by Crippen LogP contribution is 2.23. The number of carbonyl (C=O) groups is 1. The summed E-state index contributed by atoms with van der Waals surface area (Å²) in [5.74, 6) is 1.55. The molecule has 3 rings (SSSR count). The number of nitrogens with one attached hydrogen (secondary N) is 1. The fraction of sp³-hybridized carbons (Fsp3) is 0.350. The number of rotatable bonds is 6. The normalized spacial score (nSPS) is 12.3. The van der Waals surface area contributed by atoms with Crippen molar-refractivity contribution in [1.82, 2.24) is 19.9 Å². The molecule has 0 aliphatic heterocycles. The van der Waals surface area contributed by atoms with E-state index in [9.17, 15) is 4.79 Å². The number of benzene rings is 1. The molecule has 1 atom stereocenters. The van der Waals surface area contributed by atoms with Crippen molar-refractivity contribution in [2.45, 2.75) is 39.3 Å². The van der Waals surface area contributed by atoms with Crippen molar-refractivity contribution >= 4 is 17.1 Å². The average molecular weight is 352 g/mol. The molecule has 0 fully saturated rings. The van der Waals surface area contributed by atoms with Gasteiger partial charge in [-0.05, 0) is 50.6 Å². The van der Waals surface area contributed by atoms with E-state index in [1.807, 2.05) is 43.3 Å². The molecule has 0 aliphatic carbocycles. The van der Waals surface area contributed by atoms with Crippen molar-refractivity contribution in [3.63, 3.8) is 0 Å². The van der Waals surface area contributed by atoms with Gasteiger partial charge in [-0.3, -0.25) is 4.79 Å². The maximum absolute atomic E-state index is 12.5. The third-order valence-corrected chi connectivity index (χ3v) is 4.28. The van der Waals surface area contributed by atoms with Gasteiger partial charge in [0.15, 0.2) is 5.65 Å². The molecule has 0 bridgehead atoms. The number of ether oxygens (including phenoxy) is 1. The lowest BCUT2D eigenvalue weighted by atomic mass is 10.1. The molecule has 1 N–H and O–H groups in total. The van der Waals surface area contributed by atoms with Gasteiger partial charge in [-0.15, -0.1) is 0 Å². The molecule has 0 saturated heterocycles. The van der Waals surface area contributed by atoms with Crippen LogP contribution in [0.15, 0.2) is 42.6 Å². The van der Waals surface area contributed by atoms with Crippen molar-refractivity contribution in [3.8, 4) is 5.75 Å². The number of pyridine rings is 1. The van der Waals surface area contributed by atoms with E-state index in [2.05, 4.69) is 33.7 Å². The van der Waals surface area contributed by atoms with Crippen LogP contribution in [0.3, 0.4) is 0 Å². The zero-order valence-electron chi connectivity index (χ0n) is 15.6. The van der Waals surface area contributed by atoms with E-state index >= 15 is 0 Å². The molecule has 0 spiro atoms. The van der Waals surface area contributed by atoms with Gasteiger partial charge in [-0.25, -0.2) is 9.97 Å². The van der Waals surface area contributed by atoms with Crippen LogP contribution in [0.5, 0.6) is 5.75 Å². The van der Waals surface area contributed by atoms with Crippen LogP contribution in [0.4, 0.5) is 0 Å². The summed E-state index contributed by atoms with van der Waals surface area (Å²) in [7, 11) is 1.62. The summed E-state index contributed by atoms with van der Waals surface area (Å²) in [6.07, 6.45) is 2.08. The third-order valence-electron chi connectivity index (χ3n) is 4.28. The lowest BCUT2D eigenvalue weighted by Gasteiger charge is -2.18. The topological polar surface area (TPSA) is 69.0 Å². The number of imidazole rings is 1. The summed E-state index contributed by atoms with van der Waals surface area (Å²) in [6, 6.07) is 11.3. The molecule has 3 aromatic rings. The number of hydrogen-bond acceptors (Lipinski definition) is 4. The van der Waals surface area contributed by atoms with Crippen molar-refractivity contribution in [1.29, 1.82) is 0 Å². The SMILES string of the molecule is COc1ccc(CC(=O)NC(C)c2nc3cccnc3n2C(C)C)cc1. The van der Waals surface area contributed by atoms with Crippen LogP contribution < -0.4 is 10.1 Å². The number of aromatic nitrogens is 3. The van der Waals surface area contributed by atoms with Gasteiger partial charge in [-0.2, -0.15) is 0 Å². The number of methoxy groups -OCH3 is 1. The Bertz CT molecular complexity index is 900. The lowest BCUT2D eigenvalue weighted by Crippen LogP contribution is -2.30. The summed E-state index contributed by atoms with van der Waals surface area (Å²) in [4.78, 5) is 21.6. The van der Waals surface area contributed by atoms with Crippen LogP contribution in [-0.4, -0.2) is 27.6 Å². The van der Waals surface area contributed by atoms with Crippen LogP contribution in [0.1, 0.15) is 44.2 Å². The molecule has 2 aromatic heterocycles. The number of hydrogen-bond donors (Lipinski definition) is 1. The number of amides is 1. The van der Waals surface area contributed by atoms with Crippen LogP contribution in [0.25, 0.3) is 11.2 Å². The first-order valence-electron chi connectivity index (χ1n) is 8.74. The summed E-state index contributed by atoms with van der Waals surface area (Å²) >= 11 is 0. The Labute approximate surface area is 153 Å². The molecule has 0 radical (unpaired) electrons. The predicted octanol–water partition coefficient (Wildman–Crippen LogP) is 3.44. The van der Waals surface area contributed by atoms with E-state index in [4.69, 9.17) is 4.74 Å². The van der Waals surface area contributed by atoms with Crippen molar-refractivity contribution in [2.24, 2.45) is 0 Å². The smallest absolute Gasteiger partial charge is 0.224 e. The predicted molar refractivity (Wildman–Crippen MR) is 101 cm³/mol. The van der Waals surface area contributed by atoms with Gasteiger partial charge in [0.1, 0.15) is 17.1 Å². The first-order chi connectivity index (χ1) is 12.5. The summed E-state index contributed by atoms with van der Waals surface area (Å²) < 4.78 is 7.22. The molecule has 1 aromatic carbocycles. The molecule has 2 heterocycles. The highest BCUT2D eigenvalue weighted by molar-refractivity contribution is 5.79. The summed E-state index contributed by atoms with van der Waals surface area (Å²) in [6.45, 7) is 6.13. The molecule has 26 heavy (non-hydrogen) atoms. The molecular weight excluding hydrogens is 328 g/mol. The van der Waals surface area contributed by atoms with Gasteiger partial charge < -0.3 is 14.6 Å². The van der Waals surface area contributed by atoms with E-state index in [-0.39, 0.29) is 18.0 Å². The van der Waals surface area contributed by atoms with Gasteiger partial charge >= 0.3 is 0 Å². The highest BCUT2D eigenvalue weighted by Gasteiger charge is 2.20. The maximum atomic E-state index is 12.5. The second kappa shape index (κ2) is 7.56. The highest BCUT2D eigenvalue weighted by atomic mass is 16.5. The molecule has 136 valence electrons. The van der Waals surface area contributed by atoms with E-state index in [1.54, 1.807) is 13.3 Å². The Morgan fingerprint density at radius 3 is 2.58 bits per heavy atom. The molecule has 0 aliphatic rings. The van der Waals surface area contributed by atoms with Gasteiger partial charge in [0, 0.05) is 12.2 Å². The first kappa shape index (κ1) is 17.9. The second-order valence-electron chi connectivity index (χ2n) is 6.59. The number of carbonyl (C=O) groups excluding carboxylic acids is 1. The molecule has 1 amide bonds. The van der Waals surface area contributed by atoms with Crippen LogP contribution in [0, 0.1) is 0 Å². The Balaban J connectivity index is 1.76. The lowest BCUT2D eigenvalue weighted by molar-refractivity contribution is -0.121. The molecule has 1 unspecified atom stereocenters. The van der Waals surface area contributed by atoms with Crippen LogP contribution >= 0.6 is 0 Å². The van der Waals surface area contributed by atoms with Crippen molar-refractivity contribution < 1.29 is 9.53 Å². The first-order valence-corrected chi connectivity index (χ1v) is 8.74. The molecular formula is C20H24N4O2. The number of nitrogens with zero attached hydrogens (tertiary/aromatic N) is 3. The molecule has 6 heteroatoms. The van der Waals surface area contributed by atoms with Crippen LogP contribution in [-0.2, 0) is 11.2 Å². The Hall–Kier alpha value is -2.89. The van der Waals surface area contributed by atoms with Gasteiger partial charge in [0.2, 0.25) is 5.91 Å². The fourth-order valence-electron chi connectivity index (χ4n) is 3.05. The summed E-state index contributed by atoms with van der Waals surface area (Å²) in [5, 5.41) is 3.05. The summed E-state index contributed by atoms with van der Waals surface area (Å²) in [5.41, 5.74) is 2.62. The van der Waals surface area contributed by atoms with E-state index in [0.29, 0.717) is 6.42 Å². The van der Waals surface area contributed by atoms with E-state index in [1.165, 1.54) is 0 Å². The van der Waals surface area contributed by atoms with Crippen molar-refractivity contribution in [2.75, 3.05) is 7.11 Å². The number of fused-ring (bicyclic) bond motifs is 1. The second-order valence-corrected chi connectivity index (χ2v) is 6.59. The Kier molecular flexibility index (Phi) is 5.21. The Morgan fingerprint density at radius 2 is 1.92 bits per heavy atom. The Morgan fingerprint density at radius 1 is 1.19 bits per heavy atom. The maximum Gasteiger partial charge on any atom is 0.224 e. The van der Waals surface area contributed by atoms with Crippen molar-refractivity contribution in [3.05, 3.63) is 54.0 Å². The monoisotopic (exact) mass is 352 g/mol. The molecule has 6 nitrogen and oxygen atoms in total. The van der Waals surface area contributed by atoms with E-state index in [0.717, 1.165) is 28.3 Å². The minimum Gasteiger partial charge on any atom is -0.497 e. The zero-order chi connectivity index (χ0) is 18.7. The fourth-order valence-corrected chi connectivity index (χ4v) is 3.05. The zero-order valence-corrected chi connectivity index (χ0v) is 15.6. The largest absolute Gasteiger partial charge is 0.497 e. The van der Waals surface area contributed by atoms with E-state index < -0.39 is 0 Å². The van der Waals surface area contributed by atoms with Gasteiger partial charge in [-0.1, -0.05) is 12.1 Å². The minimum absolute atomic E-state index is 0.0435. The van der Waals surface area contributed by atoms with Crippen LogP contribution in [0.2, 0.25) is 0 Å². The third kappa shape index (κ3) is 3.69. The quantitative estimate of drug-likeness (QED) is 0.738. The van der Waals surface area contributed by atoms with Gasteiger partial charge in [0.05, 0.1) is 19.6 Å².